The number of amides is 2. The normalized spacial score (nSPS) is 23.0. The van der Waals surface area contributed by atoms with Gasteiger partial charge in [-0.05, 0) is 38.1 Å². The SMILES string of the molecule is C[C@@H]1Oc2ccc(NC(=O)[C@]3(C)CC(c4ccccc4Cl)=NO3)cc2NC1=O. The van der Waals surface area contributed by atoms with Crippen LogP contribution in [-0.2, 0) is 14.4 Å². The molecule has 28 heavy (non-hydrogen) atoms. The summed E-state index contributed by atoms with van der Waals surface area (Å²) in [6, 6.07) is 12.3. The van der Waals surface area contributed by atoms with E-state index in [4.69, 9.17) is 21.2 Å². The second-order valence-electron chi connectivity index (χ2n) is 6.93. The van der Waals surface area contributed by atoms with Crippen LogP contribution in [0.3, 0.4) is 0 Å². The van der Waals surface area contributed by atoms with Crippen LogP contribution in [0.2, 0.25) is 5.02 Å². The minimum Gasteiger partial charge on any atom is -0.479 e. The molecule has 2 aromatic rings. The number of rotatable bonds is 3. The first-order chi connectivity index (χ1) is 13.4. The van der Waals surface area contributed by atoms with E-state index in [1.54, 1.807) is 38.1 Å². The van der Waals surface area contributed by atoms with E-state index in [0.29, 0.717) is 27.9 Å². The Morgan fingerprint density at radius 3 is 2.89 bits per heavy atom. The number of nitrogens with one attached hydrogen (secondary N) is 2. The second kappa shape index (κ2) is 6.83. The Morgan fingerprint density at radius 1 is 1.32 bits per heavy atom. The molecule has 2 amide bonds. The highest BCUT2D eigenvalue weighted by atomic mass is 35.5. The van der Waals surface area contributed by atoms with E-state index in [1.165, 1.54) is 0 Å². The predicted molar refractivity (Wildman–Crippen MR) is 106 cm³/mol. The number of anilines is 2. The van der Waals surface area contributed by atoms with Crippen LogP contribution in [0.5, 0.6) is 5.75 Å². The van der Waals surface area contributed by atoms with Crippen LogP contribution in [0.1, 0.15) is 25.8 Å². The standard InChI is InChI=1S/C20H18ClN3O4/c1-11-18(25)23-15-9-12(7-8-17(15)27-11)22-19(26)20(2)10-16(24-28-20)13-5-3-4-6-14(13)21/h3-9,11H,10H2,1-2H3,(H,22,26)(H,23,25)/t11-,20-/m0/s1. The first-order valence-corrected chi connectivity index (χ1v) is 9.16. The lowest BCUT2D eigenvalue weighted by Crippen LogP contribution is -2.40. The van der Waals surface area contributed by atoms with Crippen LogP contribution >= 0.6 is 11.6 Å². The molecular formula is C20H18ClN3O4. The van der Waals surface area contributed by atoms with Crippen molar-refractivity contribution in [2.24, 2.45) is 5.16 Å². The minimum atomic E-state index is -1.17. The molecule has 144 valence electrons. The second-order valence-corrected chi connectivity index (χ2v) is 7.34. The van der Waals surface area contributed by atoms with Gasteiger partial charge in [0, 0.05) is 22.7 Å². The third-order valence-electron chi connectivity index (χ3n) is 4.70. The molecule has 0 unspecified atom stereocenters. The van der Waals surface area contributed by atoms with Gasteiger partial charge in [-0.2, -0.15) is 0 Å². The molecule has 0 aromatic heterocycles. The van der Waals surface area contributed by atoms with Gasteiger partial charge in [-0.25, -0.2) is 0 Å². The van der Waals surface area contributed by atoms with Crippen molar-refractivity contribution in [1.82, 2.24) is 0 Å². The number of halogens is 1. The van der Waals surface area contributed by atoms with Gasteiger partial charge in [-0.15, -0.1) is 0 Å². The van der Waals surface area contributed by atoms with Crippen LogP contribution in [0.4, 0.5) is 11.4 Å². The van der Waals surface area contributed by atoms with Gasteiger partial charge in [0.15, 0.2) is 6.10 Å². The van der Waals surface area contributed by atoms with Crippen molar-refractivity contribution >= 4 is 40.5 Å². The van der Waals surface area contributed by atoms with Gasteiger partial charge < -0.3 is 20.2 Å². The molecule has 2 aliphatic heterocycles. The fourth-order valence-electron chi connectivity index (χ4n) is 3.05. The van der Waals surface area contributed by atoms with Crippen LogP contribution in [0.25, 0.3) is 0 Å². The number of hydrogen-bond acceptors (Lipinski definition) is 5. The lowest BCUT2D eigenvalue weighted by atomic mass is 9.95. The number of nitrogens with zero attached hydrogens (tertiary/aromatic N) is 1. The molecule has 2 aliphatic rings. The Hall–Kier alpha value is -3.06. The highest BCUT2D eigenvalue weighted by Gasteiger charge is 2.42. The van der Waals surface area contributed by atoms with E-state index in [0.717, 1.165) is 5.56 Å². The summed E-state index contributed by atoms with van der Waals surface area (Å²) in [6.07, 6.45) is -0.274. The molecule has 0 fully saturated rings. The van der Waals surface area contributed by atoms with E-state index in [2.05, 4.69) is 15.8 Å². The van der Waals surface area contributed by atoms with Gasteiger partial charge in [-0.3, -0.25) is 9.59 Å². The van der Waals surface area contributed by atoms with Gasteiger partial charge in [0.05, 0.1) is 11.4 Å². The summed E-state index contributed by atoms with van der Waals surface area (Å²) in [5.74, 6) is -0.0349. The zero-order valence-corrected chi connectivity index (χ0v) is 16.0. The predicted octanol–water partition coefficient (Wildman–Crippen LogP) is 3.58. The fraction of sp³-hybridized carbons (Fsp3) is 0.250. The van der Waals surface area contributed by atoms with E-state index in [9.17, 15) is 9.59 Å². The molecule has 0 radical (unpaired) electrons. The molecule has 0 spiro atoms. The quantitative estimate of drug-likeness (QED) is 0.825. The van der Waals surface area contributed by atoms with Crippen molar-refractivity contribution in [2.45, 2.75) is 32.0 Å². The summed E-state index contributed by atoms with van der Waals surface area (Å²) < 4.78 is 5.52. The summed E-state index contributed by atoms with van der Waals surface area (Å²) >= 11 is 6.21. The van der Waals surface area contributed by atoms with Crippen molar-refractivity contribution in [2.75, 3.05) is 10.6 Å². The number of hydrogen-bond donors (Lipinski definition) is 2. The third kappa shape index (κ3) is 3.29. The Morgan fingerprint density at radius 2 is 2.11 bits per heavy atom. The van der Waals surface area contributed by atoms with Crippen molar-refractivity contribution in [3.63, 3.8) is 0 Å². The highest BCUT2D eigenvalue weighted by molar-refractivity contribution is 6.34. The zero-order chi connectivity index (χ0) is 19.9. The summed E-state index contributed by atoms with van der Waals surface area (Å²) in [5, 5.41) is 10.2. The number of carbonyl (C=O) groups is 2. The van der Waals surface area contributed by atoms with E-state index < -0.39 is 11.7 Å². The molecule has 0 bridgehead atoms. The van der Waals surface area contributed by atoms with Gasteiger partial charge in [0.1, 0.15) is 5.75 Å². The Labute approximate surface area is 166 Å². The first-order valence-electron chi connectivity index (χ1n) is 8.79. The third-order valence-corrected chi connectivity index (χ3v) is 5.03. The number of oxime groups is 1. The minimum absolute atomic E-state index is 0.236. The smallest absolute Gasteiger partial charge is 0.271 e. The molecule has 2 N–H and O–H groups in total. The summed E-state index contributed by atoms with van der Waals surface area (Å²) in [4.78, 5) is 30.1. The van der Waals surface area contributed by atoms with Crippen molar-refractivity contribution in [1.29, 1.82) is 0 Å². The molecule has 0 aliphatic carbocycles. The van der Waals surface area contributed by atoms with E-state index in [-0.39, 0.29) is 18.2 Å². The van der Waals surface area contributed by atoms with Crippen LogP contribution in [0.15, 0.2) is 47.6 Å². The Balaban J connectivity index is 1.48. The molecule has 0 saturated heterocycles. The van der Waals surface area contributed by atoms with E-state index >= 15 is 0 Å². The number of fused-ring (bicyclic) bond motifs is 1. The molecule has 0 saturated carbocycles. The molecule has 8 heteroatoms. The lowest BCUT2D eigenvalue weighted by molar-refractivity contribution is -0.135. The summed E-state index contributed by atoms with van der Waals surface area (Å²) in [5.41, 5.74) is 1.20. The summed E-state index contributed by atoms with van der Waals surface area (Å²) in [6.45, 7) is 3.34. The maximum absolute atomic E-state index is 12.8. The van der Waals surface area contributed by atoms with Crippen LogP contribution in [-0.4, -0.2) is 29.2 Å². The summed E-state index contributed by atoms with van der Waals surface area (Å²) in [7, 11) is 0. The monoisotopic (exact) mass is 399 g/mol. The maximum Gasteiger partial charge on any atom is 0.271 e. The topological polar surface area (TPSA) is 89.0 Å². The highest BCUT2D eigenvalue weighted by Crippen LogP contribution is 2.34. The average Bonchev–Trinajstić information content (AvgIpc) is 3.07. The molecule has 7 nitrogen and oxygen atoms in total. The van der Waals surface area contributed by atoms with Crippen LogP contribution in [0, 0.1) is 0 Å². The zero-order valence-electron chi connectivity index (χ0n) is 15.3. The largest absolute Gasteiger partial charge is 0.479 e. The molecular weight excluding hydrogens is 382 g/mol. The molecule has 2 heterocycles. The fourth-order valence-corrected chi connectivity index (χ4v) is 3.30. The van der Waals surface area contributed by atoms with Crippen molar-refractivity contribution < 1.29 is 19.2 Å². The van der Waals surface area contributed by atoms with Crippen LogP contribution < -0.4 is 15.4 Å². The van der Waals surface area contributed by atoms with Gasteiger partial charge in [0.25, 0.3) is 11.8 Å². The van der Waals surface area contributed by atoms with Gasteiger partial charge in [-0.1, -0.05) is 35.0 Å². The maximum atomic E-state index is 12.8. The lowest BCUT2D eigenvalue weighted by Gasteiger charge is -2.24. The average molecular weight is 400 g/mol. The molecule has 2 aromatic carbocycles. The molecule has 2 atom stereocenters. The van der Waals surface area contributed by atoms with E-state index in [1.807, 2.05) is 18.2 Å². The molecule has 4 rings (SSSR count). The van der Waals surface area contributed by atoms with Gasteiger partial charge in [0.2, 0.25) is 5.60 Å². The van der Waals surface area contributed by atoms with Gasteiger partial charge >= 0.3 is 0 Å². The number of carbonyl (C=O) groups excluding carboxylic acids is 2. The van der Waals surface area contributed by atoms with Crippen molar-refractivity contribution in [3.8, 4) is 5.75 Å². The number of benzene rings is 2. The Bertz CT molecular complexity index is 1010. The Kier molecular flexibility index (Phi) is 4.47. The number of ether oxygens (including phenoxy) is 1. The first kappa shape index (κ1) is 18.3. The van der Waals surface area contributed by atoms with Crippen molar-refractivity contribution in [3.05, 3.63) is 53.1 Å².